The van der Waals surface area contributed by atoms with Crippen LogP contribution in [-0.2, 0) is 4.79 Å². The average molecular weight is 172 g/mol. The van der Waals surface area contributed by atoms with Crippen molar-refractivity contribution in [1.82, 2.24) is 5.32 Å². The lowest BCUT2D eigenvalue weighted by atomic mass is 10.1. The fourth-order valence-corrected chi connectivity index (χ4v) is 0.518. The molecule has 0 aliphatic rings. The van der Waals surface area contributed by atoms with E-state index in [0.717, 1.165) is 0 Å². The van der Waals surface area contributed by atoms with Crippen LogP contribution >= 0.6 is 0 Å². The van der Waals surface area contributed by atoms with Crippen LogP contribution in [-0.4, -0.2) is 35.9 Å². The minimum Gasteiger partial charge on any atom is -0.394 e. The van der Waals surface area contributed by atoms with Crippen molar-refractivity contribution in [3.8, 4) is 0 Å². The first-order valence-electron chi connectivity index (χ1n) is 3.83. The summed E-state index contributed by atoms with van der Waals surface area (Å²) in [4.78, 5) is 15.0. The van der Waals surface area contributed by atoms with Crippen molar-refractivity contribution >= 4 is 12.6 Å². The van der Waals surface area contributed by atoms with Crippen molar-refractivity contribution in [2.45, 2.75) is 32.4 Å². The van der Waals surface area contributed by atoms with E-state index >= 15 is 0 Å². The van der Waals surface area contributed by atoms with Gasteiger partial charge in [-0.05, 0) is 27.5 Å². The van der Waals surface area contributed by atoms with Crippen LogP contribution in [0.5, 0.6) is 0 Å². The third kappa shape index (κ3) is 3.00. The largest absolute Gasteiger partial charge is 0.394 e. The Morgan fingerprint density at radius 3 is 2.58 bits per heavy atom. The number of rotatable bonds is 4. The number of carbonyl (C=O) groups is 1. The summed E-state index contributed by atoms with van der Waals surface area (Å²) in [5.74, 6) is -0.223. The van der Waals surface area contributed by atoms with Crippen LogP contribution < -0.4 is 5.32 Å². The van der Waals surface area contributed by atoms with Crippen LogP contribution in [0, 0.1) is 0 Å². The maximum absolute atomic E-state index is 11.3. The van der Waals surface area contributed by atoms with E-state index in [1.54, 1.807) is 20.8 Å². The lowest BCUT2D eigenvalue weighted by Gasteiger charge is -2.20. The molecule has 0 aromatic heterocycles. The molecule has 0 aromatic rings. The van der Waals surface area contributed by atoms with Crippen LogP contribution in [0.15, 0.2) is 4.99 Å². The molecular weight excluding hydrogens is 156 g/mol. The van der Waals surface area contributed by atoms with Crippen molar-refractivity contribution in [3.63, 3.8) is 0 Å². The van der Waals surface area contributed by atoms with E-state index < -0.39 is 5.54 Å². The molecule has 0 aromatic carbocycles. The summed E-state index contributed by atoms with van der Waals surface area (Å²) in [7, 11) is 0. The van der Waals surface area contributed by atoms with Gasteiger partial charge in [0.25, 0.3) is 0 Å². The summed E-state index contributed by atoms with van der Waals surface area (Å²) in [6.07, 6.45) is 0. The molecule has 0 heterocycles. The van der Waals surface area contributed by atoms with Crippen LogP contribution in [0.4, 0.5) is 0 Å². The highest BCUT2D eigenvalue weighted by molar-refractivity contribution is 5.86. The Morgan fingerprint density at radius 1 is 1.75 bits per heavy atom. The molecule has 1 unspecified atom stereocenters. The Labute approximate surface area is 72.7 Å². The highest BCUT2D eigenvalue weighted by Gasteiger charge is 2.25. The molecule has 0 rings (SSSR count). The first-order valence-corrected chi connectivity index (χ1v) is 3.83. The molecule has 1 amide bonds. The van der Waals surface area contributed by atoms with Crippen LogP contribution in [0.25, 0.3) is 0 Å². The smallest absolute Gasteiger partial charge is 0.247 e. The molecule has 0 saturated heterocycles. The molecule has 0 aliphatic heterocycles. The SMILES string of the molecule is C=NC(C)(C)C(=O)NC(C)CO. The number of aliphatic hydroxyl groups is 1. The third-order valence-electron chi connectivity index (χ3n) is 1.60. The Hall–Kier alpha value is -0.900. The molecule has 4 heteroatoms. The first-order chi connectivity index (χ1) is 5.44. The van der Waals surface area contributed by atoms with Crippen molar-refractivity contribution in [2.75, 3.05) is 6.61 Å². The zero-order chi connectivity index (χ0) is 9.78. The standard InChI is InChI=1S/C8H16N2O2/c1-6(5-11)10-7(12)8(2,3)9-4/h6,11H,4-5H2,1-3H3,(H,10,12). The van der Waals surface area contributed by atoms with Gasteiger partial charge in [0.2, 0.25) is 5.91 Å². The number of hydrogen-bond donors (Lipinski definition) is 2. The average Bonchev–Trinajstić information content (AvgIpc) is 2.04. The number of amides is 1. The van der Waals surface area contributed by atoms with Crippen molar-refractivity contribution in [3.05, 3.63) is 0 Å². The highest BCUT2D eigenvalue weighted by Crippen LogP contribution is 2.07. The monoisotopic (exact) mass is 172 g/mol. The summed E-state index contributed by atoms with van der Waals surface area (Å²) in [6, 6.07) is -0.237. The van der Waals surface area contributed by atoms with E-state index in [2.05, 4.69) is 17.0 Å². The van der Waals surface area contributed by atoms with E-state index in [9.17, 15) is 4.79 Å². The number of nitrogens with zero attached hydrogens (tertiary/aromatic N) is 1. The lowest BCUT2D eigenvalue weighted by Crippen LogP contribution is -2.45. The summed E-state index contributed by atoms with van der Waals surface area (Å²) < 4.78 is 0. The molecule has 0 saturated carbocycles. The number of hydrogen-bond acceptors (Lipinski definition) is 3. The second-order valence-corrected chi connectivity index (χ2v) is 3.27. The number of carbonyl (C=O) groups excluding carboxylic acids is 1. The van der Waals surface area contributed by atoms with Crippen molar-refractivity contribution < 1.29 is 9.90 Å². The van der Waals surface area contributed by atoms with Gasteiger partial charge in [-0.3, -0.25) is 9.79 Å². The Kier molecular flexibility index (Phi) is 3.89. The van der Waals surface area contributed by atoms with Gasteiger partial charge in [-0.1, -0.05) is 0 Å². The van der Waals surface area contributed by atoms with Gasteiger partial charge in [-0.2, -0.15) is 0 Å². The van der Waals surface area contributed by atoms with E-state index in [1.165, 1.54) is 0 Å². The molecular formula is C8H16N2O2. The Bertz CT molecular complexity index is 178. The molecule has 2 N–H and O–H groups in total. The maximum Gasteiger partial charge on any atom is 0.247 e. The van der Waals surface area contributed by atoms with Gasteiger partial charge in [0.05, 0.1) is 6.61 Å². The highest BCUT2D eigenvalue weighted by atomic mass is 16.3. The van der Waals surface area contributed by atoms with E-state index in [-0.39, 0.29) is 18.6 Å². The third-order valence-corrected chi connectivity index (χ3v) is 1.60. The zero-order valence-corrected chi connectivity index (χ0v) is 7.79. The van der Waals surface area contributed by atoms with Crippen LogP contribution in [0.1, 0.15) is 20.8 Å². The second kappa shape index (κ2) is 4.21. The molecule has 70 valence electrons. The molecule has 0 radical (unpaired) electrons. The normalized spacial score (nSPS) is 13.7. The Balaban J connectivity index is 4.12. The summed E-state index contributed by atoms with van der Waals surface area (Å²) in [5.41, 5.74) is -0.816. The fourth-order valence-electron chi connectivity index (χ4n) is 0.518. The summed E-state index contributed by atoms with van der Waals surface area (Å²) in [5, 5.41) is 11.3. The molecule has 1 atom stereocenters. The first kappa shape index (κ1) is 11.1. The topological polar surface area (TPSA) is 61.7 Å². The van der Waals surface area contributed by atoms with Gasteiger partial charge < -0.3 is 10.4 Å². The minimum atomic E-state index is -0.816. The van der Waals surface area contributed by atoms with Gasteiger partial charge in [0.15, 0.2) is 0 Å². The summed E-state index contributed by atoms with van der Waals surface area (Å²) >= 11 is 0. The van der Waals surface area contributed by atoms with Gasteiger partial charge in [0, 0.05) is 6.04 Å². The number of aliphatic imine (C=N–C) groups is 1. The molecule has 12 heavy (non-hydrogen) atoms. The molecule has 0 bridgehead atoms. The van der Waals surface area contributed by atoms with Gasteiger partial charge in [0.1, 0.15) is 5.54 Å². The minimum absolute atomic E-state index is 0.0705. The number of nitrogens with one attached hydrogen (secondary N) is 1. The van der Waals surface area contributed by atoms with Crippen molar-refractivity contribution in [1.29, 1.82) is 0 Å². The van der Waals surface area contributed by atoms with Crippen LogP contribution in [0.2, 0.25) is 0 Å². The van der Waals surface area contributed by atoms with Gasteiger partial charge in [-0.15, -0.1) is 0 Å². The quantitative estimate of drug-likeness (QED) is 0.585. The molecule has 0 aliphatic carbocycles. The zero-order valence-electron chi connectivity index (χ0n) is 7.79. The van der Waals surface area contributed by atoms with E-state index in [1.807, 2.05) is 0 Å². The Morgan fingerprint density at radius 2 is 2.25 bits per heavy atom. The van der Waals surface area contributed by atoms with E-state index in [0.29, 0.717) is 0 Å². The summed E-state index contributed by atoms with van der Waals surface area (Å²) in [6.45, 7) is 8.29. The van der Waals surface area contributed by atoms with Gasteiger partial charge >= 0.3 is 0 Å². The molecule has 0 fully saturated rings. The van der Waals surface area contributed by atoms with Gasteiger partial charge in [-0.25, -0.2) is 0 Å². The predicted octanol–water partition coefficient (Wildman–Crippen LogP) is -0.0374. The molecule has 0 spiro atoms. The lowest BCUT2D eigenvalue weighted by molar-refractivity contribution is -0.126. The second-order valence-electron chi connectivity index (χ2n) is 3.27. The van der Waals surface area contributed by atoms with E-state index in [4.69, 9.17) is 5.11 Å². The van der Waals surface area contributed by atoms with Crippen LogP contribution in [0.3, 0.4) is 0 Å². The fraction of sp³-hybridized carbons (Fsp3) is 0.750. The predicted molar refractivity (Wildman–Crippen MR) is 48.3 cm³/mol. The van der Waals surface area contributed by atoms with Crippen molar-refractivity contribution in [2.24, 2.45) is 4.99 Å². The molecule has 4 nitrogen and oxygen atoms in total. The maximum atomic E-state index is 11.3. The number of aliphatic hydroxyl groups excluding tert-OH is 1.